The minimum atomic E-state index is -3.07. The third-order valence-corrected chi connectivity index (χ3v) is 10.4. The molecule has 0 bridgehead atoms. The van der Waals surface area contributed by atoms with Gasteiger partial charge in [-0.1, -0.05) is 12.1 Å². The second kappa shape index (κ2) is 8.18. The molecule has 2 saturated heterocycles. The zero-order chi connectivity index (χ0) is 23.4. The maximum Gasteiger partial charge on any atom is 0.255 e. The SMILES string of the molecule is NC1CCS(=O)(=O)C2(C1)CC(CNCc1cccc3c1CN(C1CCC(=O)NC1=O)C3=O)C2. The predicted octanol–water partition coefficient (Wildman–Crippen LogP) is 0.222. The summed E-state index contributed by atoms with van der Waals surface area (Å²) in [5, 5.41) is 5.76. The van der Waals surface area contributed by atoms with Crippen LogP contribution in [0.25, 0.3) is 0 Å². The fraction of sp³-hybridized carbons (Fsp3) is 0.609. The molecular formula is C23H30N4O5S. The molecule has 3 aliphatic heterocycles. The van der Waals surface area contributed by atoms with E-state index in [1.165, 1.54) is 0 Å². The molecule has 2 unspecified atom stereocenters. The Kier molecular flexibility index (Phi) is 5.57. The number of sulfone groups is 1. The van der Waals surface area contributed by atoms with Gasteiger partial charge in [-0.2, -0.15) is 0 Å². The molecule has 1 aliphatic carbocycles. The van der Waals surface area contributed by atoms with E-state index >= 15 is 0 Å². The lowest BCUT2D eigenvalue weighted by Crippen LogP contribution is -2.58. The quantitative estimate of drug-likeness (QED) is 0.519. The molecule has 33 heavy (non-hydrogen) atoms. The fourth-order valence-electron chi connectivity index (χ4n) is 6.01. The Bertz CT molecular complexity index is 1110. The van der Waals surface area contributed by atoms with Crippen LogP contribution in [0.1, 0.15) is 60.0 Å². The van der Waals surface area contributed by atoms with Gasteiger partial charge < -0.3 is 16.0 Å². The van der Waals surface area contributed by atoms with Crippen LogP contribution in [-0.4, -0.2) is 60.2 Å². The zero-order valence-electron chi connectivity index (χ0n) is 18.5. The number of nitrogens with two attached hydrogens (primary N) is 1. The average Bonchev–Trinajstić information content (AvgIpc) is 3.07. The van der Waals surface area contributed by atoms with E-state index in [4.69, 9.17) is 5.73 Å². The molecule has 0 radical (unpaired) electrons. The molecule has 1 aromatic carbocycles. The van der Waals surface area contributed by atoms with Crippen LogP contribution in [0.3, 0.4) is 0 Å². The smallest absolute Gasteiger partial charge is 0.255 e. The summed E-state index contributed by atoms with van der Waals surface area (Å²) in [5.41, 5.74) is 8.56. The van der Waals surface area contributed by atoms with Gasteiger partial charge in [0.15, 0.2) is 9.84 Å². The summed E-state index contributed by atoms with van der Waals surface area (Å²) in [6.45, 7) is 1.62. The molecule has 4 N–H and O–H groups in total. The van der Waals surface area contributed by atoms with Gasteiger partial charge in [0.05, 0.1) is 10.5 Å². The third kappa shape index (κ3) is 3.87. The topological polar surface area (TPSA) is 139 Å². The third-order valence-electron chi connectivity index (χ3n) is 7.80. The van der Waals surface area contributed by atoms with Crippen LogP contribution in [0.4, 0.5) is 0 Å². The Hall–Kier alpha value is -2.30. The molecule has 0 aromatic heterocycles. The number of imide groups is 1. The number of nitrogens with one attached hydrogen (secondary N) is 2. The van der Waals surface area contributed by atoms with Crippen molar-refractivity contribution in [3.63, 3.8) is 0 Å². The standard InChI is InChI=1S/C23H30N4O5S/c24-16-6-7-33(31,32)23(10-16)8-14(9-23)11-25-12-15-2-1-3-17-18(15)13-27(22(17)30)19-4-5-20(28)26-21(19)29/h1-3,14,16,19,25H,4-13,24H2,(H,26,28,29). The van der Waals surface area contributed by atoms with Gasteiger partial charge in [-0.25, -0.2) is 8.42 Å². The van der Waals surface area contributed by atoms with Gasteiger partial charge >= 0.3 is 0 Å². The van der Waals surface area contributed by atoms with Crippen LogP contribution >= 0.6 is 0 Å². The van der Waals surface area contributed by atoms with E-state index in [-0.39, 0.29) is 30.0 Å². The van der Waals surface area contributed by atoms with Gasteiger partial charge in [-0.05, 0) is 61.8 Å². The number of carbonyl (C=O) groups excluding carboxylic acids is 3. The summed E-state index contributed by atoms with van der Waals surface area (Å²) in [6, 6.07) is 4.94. The van der Waals surface area contributed by atoms with Crippen molar-refractivity contribution >= 4 is 27.6 Å². The van der Waals surface area contributed by atoms with Crippen molar-refractivity contribution in [3.8, 4) is 0 Å². The van der Waals surface area contributed by atoms with Gasteiger partial charge in [0.1, 0.15) is 6.04 Å². The van der Waals surface area contributed by atoms with Crippen LogP contribution in [0.2, 0.25) is 0 Å². The Morgan fingerprint density at radius 2 is 1.94 bits per heavy atom. The van der Waals surface area contributed by atoms with Gasteiger partial charge in [-0.3, -0.25) is 19.7 Å². The summed E-state index contributed by atoms with van der Waals surface area (Å²) in [4.78, 5) is 38.2. The normalized spacial score (nSPS) is 33.1. The van der Waals surface area contributed by atoms with Crippen LogP contribution in [0, 0.1) is 5.92 Å². The highest BCUT2D eigenvalue weighted by Crippen LogP contribution is 2.49. The van der Waals surface area contributed by atoms with Crippen molar-refractivity contribution < 1.29 is 22.8 Å². The minimum Gasteiger partial charge on any atom is -0.328 e. The highest BCUT2D eigenvalue weighted by Gasteiger charge is 2.55. The second-order valence-corrected chi connectivity index (χ2v) is 12.5. The number of hydrogen-bond donors (Lipinski definition) is 3. The second-order valence-electron chi connectivity index (χ2n) is 10.0. The molecular weight excluding hydrogens is 444 g/mol. The fourth-order valence-corrected chi connectivity index (χ4v) is 8.51. The Morgan fingerprint density at radius 1 is 1.15 bits per heavy atom. The summed E-state index contributed by atoms with van der Waals surface area (Å²) in [6.07, 6.45) is 3.01. The van der Waals surface area contributed by atoms with Crippen molar-refractivity contribution in [1.82, 2.24) is 15.5 Å². The zero-order valence-corrected chi connectivity index (χ0v) is 19.3. The highest BCUT2D eigenvalue weighted by atomic mass is 32.2. The maximum absolute atomic E-state index is 12.9. The predicted molar refractivity (Wildman–Crippen MR) is 121 cm³/mol. The first kappa shape index (κ1) is 22.5. The van der Waals surface area contributed by atoms with E-state index in [2.05, 4.69) is 10.6 Å². The number of rotatable bonds is 5. The molecule has 10 heteroatoms. The molecule has 178 valence electrons. The summed E-state index contributed by atoms with van der Waals surface area (Å²) < 4.78 is 24.5. The van der Waals surface area contributed by atoms with Crippen molar-refractivity contribution in [3.05, 3.63) is 34.9 Å². The largest absolute Gasteiger partial charge is 0.328 e. The number of piperidine rings is 1. The summed E-state index contributed by atoms with van der Waals surface area (Å²) >= 11 is 0. The van der Waals surface area contributed by atoms with Crippen molar-refractivity contribution in [2.45, 2.75) is 68.4 Å². The van der Waals surface area contributed by atoms with E-state index in [1.807, 2.05) is 12.1 Å². The molecule has 3 amide bonds. The summed E-state index contributed by atoms with van der Waals surface area (Å²) in [7, 11) is -3.07. The Morgan fingerprint density at radius 3 is 2.70 bits per heavy atom. The first-order valence-electron chi connectivity index (χ1n) is 11.6. The van der Waals surface area contributed by atoms with Gasteiger partial charge in [-0.15, -0.1) is 0 Å². The lowest BCUT2D eigenvalue weighted by molar-refractivity contribution is -0.136. The van der Waals surface area contributed by atoms with Crippen molar-refractivity contribution in [2.24, 2.45) is 11.7 Å². The van der Waals surface area contributed by atoms with Crippen LogP contribution in [0.15, 0.2) is 18.2 Å². The number of amides is 3. The molecule has 4 aliphatic rings. The molecule has 9 nitrogen and oxygen atoms in total. The molecule has 3 heterocycles. The number of carbonyl (C=O) groups is 3. The molecule has 3 fully saturated rings. The average molecular weight is 475 g/mol. The van der Waals surface area contributed by atoms with Crippen LogP contribution < -0.4 is 16.4 Å². The molecule has 5 rings (SSSR count). The highest BCUT2D eigenvalue weighted by molar-refractivity contribution is 7.92. The number of fused-ring (bicyclic) bond motifs is 1. The van der Waals surface area contributed by atoms with Gasteiger partial charge in [0.2, 0.25) is 11.8 Å². The van der Waals surface area contributed by atoms with Gasteiger partial charge in [0, 0.05) is 31.1 Å². The summed E-state index contributed by atoms with van der Waals surface area (Å²) in [5.74, 6) is -0.402. The monoisotopic (exact) mass is 474 g/mol. The number of nitrogens with zero attached hydrogens (tertiary/aromatic N) is 1. The number of benzene rings is 1. The van der Waals surface area contributed by atoms with E-state index in [0.717, 1.165) is 11.1 Å². The molecule has 1 spiro atoms. The molecule has 1 saturated carbocycles. The first-order chi connectivity index (χ1) is 15.7. The van der Waals surface area contributed by atoms with E-state index in [9.17, 15) is 22.8 Å². The molecule has 1 aromatic rings. The van der Waals surface area contributed by atoms with Gasteiger partial charge in [0.25, 0.3) is 5.91 Å². The number of hydrogen-bond acceptors (Lipinski definition) is 7. The van der Waals surface area contributed by atoms with Crippen LogP contribution in [-0.2, 0) is 32.5 Å². The molecule has 2 atom stereocenters. The Balaban J connectivity index is 1.19. The van der Waals surface area contributed by atoms with Crippen molar-refractivity contribution in [2.75, 3.05) is 12.3 Å². The lowest BCUT2D eigenvalue weighted by Gasteiger charge is -2.50. The first-order valence-corrected chi connectivity index (χ1v) is 13.3. The van der Waals surface area contributed by atoms with E-state index in [1.54, 1.807) is 11.0 Å². The Labute approximate surface area is 193 Å². The van der Waals surface area contributed by atoms with Crippen LogP contribution in [0.5, 0.6) is 0 Å². The van der Waals surface area contributed by atoms with E-state index in [0.29, 0.717) is 63.2 Å². The lowest BCUT2D eigenvalue weighted by atomic mass is 9.70. The van der Waals surface area contributed by atoms with E-state index < -0.39 is 26.5 Å². The van der Waals surface area contributed by atoms with Crippen molar-refractivity contribution in [1.29, 1.82) is 0 Å². The minimum absolute atomic E-state index is 0.0285. The maximum atomic E-state index is 12.9.